The van der Waals surface area contributed by atoms with Gasteiger partial charge in [0.05, 0.1) is 6.54 Å². The number of nitrogens with one attached hydrogen (secondary N) is 2. The number of H-pyrrole nitrogens is 2. The van der Waals surface area contributed by atoms with Gasteiger partial charge < -0.3 is 15.7 Å². The minimum absolute atomic E-state index is 0.446. The standard InChI is InChI=1S/C28H35N5O/c1-3-4-15-32(19-23-12-14-30-18-23)16-13-25-21(2)31-27-11-10-24(17-26(25)27)33(28(29)34)20-22-8-6-5-7-9-22/h5-12,14,17-18,30-31H,3-4,13,15-16,19-20H2,1-2H3,(H2,29,34). The average Bonchev–Trinajstić information content (AvgIpc) is 3.46. The zero-order valence-corrected chi connectivity index (χ0v) is 20.2. The highest BCUT2D eigenvalue weighted by Crippen LogP contribution is 2.29. The van der Waals surface area contributed by atoms with Crippen LogP contribution in [0.2, 0.25) is 0 Å². The largest absolute Gasteiger partial charge is 0.367 e. The lowest BCUT2D eigenvalue weighted by molar-refractivity contribution is 0.253. The molecule has 4 aromatic rings. The molecule has 4 rings (SSSR count). The lowest BCUT2D eigenvalue weighted by Crippen LogP contribution is -2.35. The average molecular weight is 458 g/mol. The summed E-state index contributed by atoms with van der Waals surface area (Å²) in [6.45, 7) is 7.82. The van der Waals surface area contributed by atoms with Crippen LogP contribution in [0.4, 0.5) is 10.5 Å². The van der Waals surface area contributed by atoms with Gasteiger partial charge in [-0.05, 0) is 67.3 Å². The molecule has 0 fully saturated rings. The number of carbonyl (C=O) groups is 1. The molecule has 0 aliphatic carbocycles. The van der Waals surface area contributed by atoms with Crippen LogP contribution >= 0.6 is 0 Å². The van der Waals surface area contributed by atoms with Gasteiger partial charge in [-0.1, -0.05) is 43.7 Å². The summed E-state index contributed by atoms with van der Waals surface area (Å²) in [5.74, 6) is 0. The summed E-state index contributed by atoms with van der Waals surface area (Å²) in [6, 6.07) is 17.8. The Bertz CT molecular complexity index is 1200. The first-order valence-corrected chi connectivity index (χ1v) is 12.1. The van der Waals surface area contributed by atoms with Gasteiger partial charge in [-0.25, -0.2) is 4.79 Å². The number of unbranched alkanes of at least 4 members (excludes halogenated alkanes) is 1. The van der Waals surface area contributed by atoms with Crippen LogP contribution in [0.1, 0.15) is 42.1 Å². The fourth-order valence-corrected chi connectivity index (χ4v) is 4.56. The van der Waals surface area contributed by atoms with E-state index in [-0.39, 0.29) is 0 Å². The molecule has 0 aliphatic heterocycles. The second kappa shape index (κ2) is 11.1. The second-order valence-electron chi connectivity index (χ2n) is 8.97. The maximum Gasteiger partial charge on any atom is 0.319 e. The van der Waals surface area contributed by atoms with Crippen molar-refractivity contribution >= 4 is 22.6 Å². The topological polar surface area (TPSA) is 81.2 Å². The van der Waals surface area contributed by atoms with Crippen LogP contribution in [-0.4, -0.2) is 34.0 Å². The molecule has 0 radical (unpaired) electrons. The second-order valence-corrected chi connectivity index (χ2v) is 8.97. The highest BCUT2D eigenvalue weighted by molar-refractivity contribution is 5.95. The number of aromatic amines is 2. The molecule has 2 aromatic carbocycles. The van der Waals surface area contributed by atoms with Gasteiger partial charge in [-0.3, -0.25) is 9.80 Å². The number of anilines is 1. The smallest absolute Gasteiger partial charge is 0.319 e. The summed E-state index contributed by atoms with van der Waals surface area (Å²) in [6.07, 6.45) is 7.38. The van der Waals surface area contributed by atoms with E-state index in [9.17, 15) is 4.79 Å². The zero-order chi connectivity index (χ0) is 23.9. The van der Waals surface area contributed by atoms with Crippen LogP contribution in [0, 0.1) is 6.92 Å². The highest BCUT2D eigenvalue weighted by Gasteiger charge is 2.17. The first-order valence-electron chi connectivity index (χ1n) is 12.1. The fraction of sp³-hybridized carbons (Fsp3) is 0.321. The van der Waals surface area contributed by atoms with E-state index in [1.54, 1.807) is 4.90 Å². The van der Waals surface area contributed by atoms with Crippen molar-refractivity contribution in [3.63, 3.8) is 0 Å². The Morgan fingerprint density at radius 1 is 1.00 bits per heavy atom. The monoisotopic (exact) mass is 457 g/mol. The van der Waals surface area contributed by atoms with Crippen molar-refractivity contribution in [3.05, 3.63) is 89.4 Å². The Labute approximate surface area is 201 Å². The minimum Gasteiger partial charge on any atom is -0.367 e. The molecule has 2 amide bonds. The molecular formula is C28H35N5O. The predicted octanol–water partition coefficient (Wildman–Crippen LogP) is 5.73. The molecule has 0 atom stereocenters. The number of fused-ring (bicyclic) bond motifs is 1. The van der Waals surface area contributed by atoms with Gasteiger partial charge in [0.15, 0.2) is 0 Å². The molecule has 4 N–H and O–H groups in total. The molecule has 2 heterocycles. The normalized spacial score (nSPS) is 11.4. The van der Waals surface area contributed by atoms with Gasteiger partial charge in [0.2, 0.25) is 0 Å². The van der Waals surface area contributed by atoms with Gasteiger partial charge in [0.1, 0.15) is 0 Å². The van der Waals surface area contributed by atoms with Crippen molar-refractivity contribution in [1.82, 2.24) is 14.9 Å². The molecule has 0 bridgehead atoms. The third-order valence-electron chi connectivity index (χ3n) is 6.44. The van der Waals surface area contributed by atoms with Gasteiger partial charge in [-0.15, -0.1) is 0 Å². The Kier molecular flexibility index (Phi) is 7.70. The summed E-state index contributed by atoms with van der Waals surface area (Å²) in [4.78, 5) is 23.2. The van der Waals surface area contributed by atoms with Crippen LogP contribution in [-0.2, 0) is 19.5 Å². The molecule has 34 heavy (non-hydrogen) atoms. The van der Waals surface area contributed by atoms with Crippen molar-refractivity contribution in [2.45, 2.75) is 46.2 Å². The van der Waals surface area contributed by atoms with Crippen LogP contribution < -0.4 is 10.6 Å². The van der Waals surface area contributed by atoms with Crippen molar-refractivity contribution in [2.75, 3.05) is 18.0 Å². The van der Waals surface area contributed by atoms with Crippen molar-refractivity contribution in [1.29, 1.82) is 0 Å². The molecule has 178 valence electrons. The number of nitrogens with zero attached hydrogens (tertiary/aromatic N) is 2. The first kappa shape index (κ1) is 23.6. The van der Waals surface area contributed by atoms with E-state index < -0.39 is 6.03 Å². The number of carbonyl (C=O) groups excluding carboxylic acids is 1. The van der Waals surface area contributed by atoms with Crippen molar-refractivity contribution in [2.24, 2.45) is 5.73 Å². The van der Waals surface area contributed by atoms with Gasteiger partial charge in [0, 0.05) is 47.8 Å². The molecule has 0 saturated carbocycles. The lowest BCUT2D eigenvalue weighted by atomic mass is 10.1. The first-order chi connectivity index (χ1) is 16.5. The van der Waals surface area contributed by atoms with Gasteiger partial charge in [-0.2, -0.15) is 0 Å². The number of amides is 2. The van der Waals surface area contributed by atoms with E-state index >= 15 is 0 Å². The molecule has 6 heteroatoms. The van der Waals surface area contributed by atoms with E-state index in [1.165, 1.54) is 29.7 Å². The van der Waals surface area contributed by atoms with E-state index in [0.29, 0.717) is 6.54 Å². The van der Waals surface area contributed by atoms with Gasteiger partial charge >= 0.3 is 6.03 Å². The van der Waals surface area contributed by atoms with E-state index in [1.807, 2.05) is 42.6 Å². The number of urea groups is 1. The number of aryl methyl sites for hydroxylation is 1. The minimum atomic E-state index is -0.450. The summed E-state index contributed by atoms with van der Waals surface area (Å²) in [5, 5.41) is 1.16. The van der Waals surface area contributed by atoms with Crippen LogP contribution in [0.5, 0.6) is 0 Å². The number of benzene rings is 2. The molecule has 0 aliphatic rings. The third kappa shape index (κ3) is 5.69. The summed E-state index contributed by atoms with van der Waals surface area (Å²) in [7, 11) is 0. The number of primary amides is 1. The Balaban J connectivity index is 1.57. The lowest BCUT2D eigenvalue weighted by Gasteiger charge is -2.22. The SMILES string of the molecule is CCCCN(CCc1c(C)[nH]c2ccc(N(Cc3ccccc3)C(N)=O)cc12)Cc1cc[nH]c1. The molecule has 0 saturated heterocycles. The maximum absolute atomic E-state index is 12.3. The predicted molar refractivity (Wildman–Crippen MR) is 140 cm³/mol. The van der Waals surface area contributed by atoms with E-state index in [2.05, 4.69) is 53.1 Å². The number of hydrogen-bond acceptors (Lipinski definition) is 2. The Morgan fingerprint density at radius 2 is 1.82 bits per heavy atom. The van der Waals surface area contributed by atoms with Crippen LogP contribution in [0.3, 0.4) is 0 Å². The fourth-order valence-electron chi connectivity index (χ4n) is 4.56. The number of nitrogens with two attached hydrogens (primary N) is 1. The van der Waals surface area contributed by atoms with Gasteiger partial charge in [0.25, 0.3) is 0 Å². The number of rotatable bonds is 11. The molecular weight excluding hydrogens is 422 g/mol. The summed E-state index contributed by atoms with van der Waals surface area (Å²) in [5.41, 5.74) is 12.5. The van der Waals surface area contributed by atoms with Crippen LogP contribution in [0.15, 0.2) is 67.0 Å². The number of hydrogen-bond donors (Lipinski definition) is 3. The molecule has 0 unspecified atom stereocenters. The van der Waals surface area contributed by atoms with E-state index in [0.717, 1.165) is 48.2 Å². The highest BCUT2D eigenvalue weighted by atomic mass is 16.2. The Morgan fingerprint density at radius 3 is 2.53 bits per heavy atom. The summed E-state index contributed by atoms with van der Waals surface area (Å²) >= 11 is 0. The van der Waals surface area contributed by atoms with Crippen molar-refractivity contribution < 1.29 is 4.79 Å². The van der Waals surface area contributed by atoms with Crippen molar-refractivity contribution in [3.8, 4) is 0 Å². The third-order valence-corrected chi connectivity index (χ3v) is 6.44. The molecule has 6 nitrogen and oxygen atoms in total. The van der Waals surface area contributed by atoms with Crippen LogP contribution in [0.25, 0.3) is 10.9 Å². The molecule has 2 aromatic heterocycles. The maximum atomic E-state index is 12.3. The van der Waals surface area contributed by atoms with E-state index in [4.69, 9.17) is 5.73 Å². The quantitative estimate of drug-likeness (QED) is 0.269. The number of aromatic nitrogens is 2. The summed E-state index contributed by atoms with van der Waals surface area (Å²) < 4.78 is 0. The zero-order valence-electron chi connectivity index (χ0n) is 20.2. The molecule has 0 spiro atoms. The Hall–Kier alpha value is -3.51.